The van der Waals surface area contributed by atoms with E-state index in [9.17, 15) is 4.79 Å². The summed E-state index contributed by atoms with van der Waals surface area (Å²) in [5.74, 6) is 1.55. The fourth-order valence-corrected chi connectivity index (χ4v) is 3.61. The topological polar surface area (TPSA) is 89.9 Å². The van der Waals surface area contributed by atoms with Crippen LogP contribution in [0.1, 0.15) is 38.9 Å². The van der Waals surface area contributed by atoms with Gasteiger partial charge < -0.3 is 15.2 Å². The van der Waals surface area contributed by atoms with Crippen LogP contribution in [0.15, 0.2) is 12.3 Å². The van der Waals surface area contributed by atoms with E-state index in [-0.39, 0.29) is 5.91 Å². The van der Waals surface area contributed by atoms with E-state index in [1.54, 1.807) is 11.1 Å². The predicted octanol–water partition coefficient (Wildman–Crippen LogP) is 2.66. The van der Waals surface area contributed by atoms with Crippen molar-refractivity contribution in [1.82, 2.24) is 19.5 Å². The number of hydrogen-bond acceptors (Lipinski definition) is 5. The molecule has 7 nitrogen and oxygen atoms in total. The normalized spacial score (nSPS) is 15.0. The minimum absolute atomic E-state index is 0.138. The highest BCUT2D eigenvalue weighted by Gasteiger charge is 2.23. The van der Waals surface area contributed by atoms with E-state index in [1.807, 2.05) is 6.07 Å². The molecule has 0 aromatic carbocycles. The SMILES string of the molecule is CCCn1c(CC)nc2c(N)nc3cc(N4CCCC4=O)cnc3c21. The van der Waals surface area contributed by atoms with Gasteiger partial charge in [-0.05, 0) is 18.9 Å². The molecule has 0 aliphatic carbocycles. The van der Waals surface area contributed by atoms with E-state index in [2.05, 4.69) is 33.4 Å². The van der Waals surface area contributed by atoms with Gasteiger partial charge in [0.1, 0.15) is 22.4 Å². The maximum absolute atomic E-state index is 12.0. The van der Waals surface area contributed by atoms with Gasteiger partial charge in [-0.2, -0.15) is 0 Å². The van der Waals surface area contributed by atoms with Gasteiger partial charge in [0.15, 0.2) is 5.82 Å². The molecular formula is C18H22N6O. The van der Waals surface area contributed by atoms with Gasteiger partial charge in [0.05, 0.1) is 17.4 Å². The van der Waals surface area contributed by atoms with Crippen molar-refractivity contribution in [3.05, 3.63) is 18.1 Å². The summed E-state index contributed by atoms with van der Waals surface area (Å²) in [7, 11) is 0. The number of nitrogens with zero attached hydrogens (tertiary/aromatic N) is 5. The van der Waals surface area contributed by atoms with Crippen LogP contribution in [0, 0.1) is 0 Å². The first-order valence-electron chi connectivity index (χ1n) is 8.88. The summed E-state index contributed by atoms with van der Waals surface area (Å²) in [4.78, 5) is 27.6. The van der Waals surface area contributed by atoms with Gasteiger partial charge in [0.25, 0.3) is 0 Å². The van der Waals surface area contributed by atoms with Crippen molar-refractivity contribution in [2.24, 2.45) is 0 Å². The smallest absolute Gasteiger partial charge is 0.227 e. The quantitative estimate of drug-likeness (QED) is 0.790. The van der Waals surface area contributed by atoms with Crippen LogP contribution < -0.4 is 10.6 Å². The molecule has 0 saturated carbocycles. The van der Waals surface area contributed by atoms with Gasteiger partial charge >= 0.3 is 0 Å². The number of carbonyl (C=O) groups is 1. The zero-order chi connectivity index (χ0) is 17.6. The van der Waals surface area contributed by atoms with E-state index in [4.69, 9.17) is 5.73 Å². The average Bonchev–Trinajstić information content (AvgIpc) is 3.19. The lowest BCUT2D eigenvalue weighted by Gasteiger charge is -2.16. The molecule has 4 rings (SSSR count). The second-order valence-corrected chi connectivity index (χ2v) is 6.44. The van der Waals surface area contributed by atoms with E-state index in [1.165, 1.54) is 0 Å². The summed E-state index contributed by atoms with van der Waals surface area (Å²) in [6.07, 6.45) is 5.07. The van der Waals surface area contributed by atoms with E-state index < -0.39 is 0 Å². The molecule has 0 unspecified atom stereocenters. The molecule has 7 heteroatoms. The Morgan fingerprint density at radius 3 is 2.76 bits per heavy atom. The van der Waals surface area contributed by atoms with Crippen molar-refractivity contribution in [2.45, 2.75) is 46.1 Å². The Balaban J connectivity index is 1.97. The Bertz CT molecular complexity index is 977. The number of fused-ring (bicyclic) bond motifs is 3. The number of amides is 1. The summed E-state index contributed by atoms with van der Waals surface area (Å²) in [6.45, 7) is 5.83. The van der Waals surface area contributed by atoms with Crippen molar-refractivity contribution < 1.29 is 4.79 Å². The lowest BCUT2D eigenvalue weighted by atomic mass is 10.2. The summed E-state index contributed by atoms with van der Waals surface area (Å²) in [6, 6.07) is 1.91. The molecule has 1 saturated heterocycles. The zero-order valence-electron chi connectivity index (χ0n) is 14.6. The zero-order valence-corrected chi connectivity index (χ0v) is 14.6. The van der Waals surface area contributed by atoms with E-state index in [0.29, 0.717) is 17.8 Å². The van der Waals surface area contributed by atoms with Crippen LogP contribution in [0.4, 0.5) is 11.5 Å². The minimum atomic E-state index is 0.138. The lowest BCUT2D eigenvalue weighted by Crippen LogP contribution is -2.23. The third-order valence-electron chi connectivity index (χ3n) is 4.76. The number of aromatic nitrogens is 4. The first kappa shape index (κ1) is 15.8. The van der Waals surface area contributed by atoms with Gasteiger partial charge in [0, 0.05) is 25.9 Å². The van der Waals surface area contributed by atoms with Crippen molar-refractivity contribution in [3.63, 3.8) is 0 Å². The number of nitrogens with two attached hydrogens (primary N) is 1. The lowest BCUT2D eigenvalue weighted by molar-refractivity contribution is -0.117. The number of rotatable bonds is 4. The molecule has 130 valence electrons. The average molecular weight is 338 g/mol. The fraction of sp³-hybridized carbons (Fsp3) is 0.444. The Hall–Kier alpha value is -2.70. The molecular weight excluding hydrogens is 316 g/mol. The number of aryl methyl sites for hydroxylation is 2. The standard InChI is InChI=1S/C18H22N6O/c1-3-7-24-13(4-2)22-16-17(24)15-12(21-18(16)19)9-11(10-20-15)23-8-5-6-14(23)25/h9-10H,3-8H2,1-2H3,(H2,19,21). The second-order valence-electron chi connectivity index (χ2n) is 6.44. The molecule has 1 aliphatic heterocycles. The maximum atomic E-state index is 12.0. The van der Waals surface area contributed by atoms with Crippen molar-refractivity contribution >= 4 is 39.5 Å². The van der Waals surface area contributed by atoms with Crippen molar-refractivity contribution in [3.8, 4) is 0 Å². The van der Waals surface area contributed by atoms with E-state index in [0.717, 1.165) is 60.4 Å². The van der Waals surface area contributed by atoms with Gasteiger partial charge in [-0.25, -0.2) is 9.97 Å². The Labute approximate surface area is 145 Å². The molecule has 0 bridgehead atoms. The summed E-state index contributed by atoms with van der Waals surface area (Å²) in [5.41, 5.74) is 10.1. The van der Waals surface area contributed by atoms with Crippen LogP contribution in [0.2, 0.25) is 0 Å². The number of nitrogen functional groups attached to an aromatic ring is 1. The number of imidazole rings is 1. The van der Waals surface area contributed by atoms with Gasteiger partial charge in [-0.15, -0.1) is 0 Å². The van der Waals surface area contributed by atoms with Gasteiger partial charge in [-0.3, -0.25) is 9.78 Å². The molecule has 0 radical (unpaired) electrons. The summed E-state index contributed by atoms with van der Waals surface area (Å²) >= 11 is 0. The van der Waals surface area contributed by atoms with Gasteiger partial charge in [-0.1, -0.05) is 13.8 Å². The Kier molecular flexibility index (Phi) is 3.78. The third-order valence-corrected chi connectivity index (χ3v) is 4.76. The maximum Gasteiger partial charge on any atom is 0.227 e. The van der Waals surface area contributed by atoms with Crippen LogP contribution in [-0.2, 0) is 17.8 Å². The Morgan fingerprint density at radius 2 is 2.08 bits per heavy atom. The molecule has 3 aromatic rings. The largest absolute Gasteiger partial charge is 0.382 e. The van der Waals surface area contributed by atoms with Crippen LogP contribution >= 0.6 is 0 Å². The Morgan fingerprint density at radius 1 is 1.24 bits per heavy atom. The number of carbonyl (C=O) groups excluding carboxylic acids is 1. The van der Waals surface area contributed by atoms with Crippen LogP contribution in [0.25, 0.3) is 22.1 Å². The highest BCUT2D eigenvalue weighted by Crippen LogP contribution is 2.31. The molecule has 0 atom stereocenters. The monoisotopic (exact) mass is 338 g/mol. The van der Waals surface area contributed by atoms with Crippen LogP contribution in [-0.4, -0.2) is 32.0 Å². The first-order chi connectivity index (χ1) is 12.1. The second kappa shape index (κ2) is 5.98. The minimum Gasteiger partial charge on any atom is -0.382 e. The van der Waals surface area contributed by atoms with Crippen molar-refractivity contribution in [1.29, 1.82) is 0 Å². The van der Waals surface area contributed by atoms with Crippen molar-refractivity contribution in [2.75, 3.05) is 17.2 Å². The highest BCUT2D eigenvalue weighted by molar-refractivity contribution is 6.06. The molecule has 1 aliphatic rings. The molecule has 3 aromatic heterocycles. The number of hydrogen-bond donors (Lipinski definition) is 1. The van der Waals surface area contributed by atoms with E-state index >= 15 is 0 Å². The van der Waals surface area contributed by atoms with Crippen LogP contribution in [0.3, 0.4) is 0 Å². The predicted molar refractivity (Wildman–Crippen MR) is 98.5 cm³/mol. The molecule has 25 heavy (non-hydrogen) atoms. The molecule has 0 spiro atoms. The fourth-order valence-electron chi connectivity index (χ4n) is 3.61. The van der Waals surface area contributed by atoms with Crippen LogP contribution in [0.5, 0.6) is 0 Å². The summed E-state index contributed by atoms with van der Waals surface area (Å²) < 4.78 is 2.20. The van der Waals surface area contributed by atoms with Gasteiger partial charge in [0.2, 0.25) is 5.91 Å². The third kappa shape index (κ3) is 2.42. The number of pyridine rings is 2. The number of anilines is 2. The highest BCUT2D eigenvalue weighted by atomic mass is 16.2. The molecule has 4 heterocycles. The molecule has 1 amide bonds. The first-order valence-corrected chi connectivity index (χ1v) is 8.88. The molecule has 1 fully saturated rings. The molecule has 2 N–H and O–H groups in total. The summed E-state index contributed by atoms with van der Waals surface area (Å²) in [5, 5.41) is 0.